The summed E-state index contributed by atoms with van der Waals surface area (Å²) in [5.41, 5.74) is 0.726. The molecule has 0 N–H and O–H groups in total. The Morgan fingerprint density at radius 3 is 2.37 bits per heavy atom. The molecule has 6 nitrogen and oxygen atoms in total. The SMILES string of the molecule is CCN(CC)CCN(C(=O)Cc1cccs1)c1nc2c(OC)ccc(OC)c2s1.Cl. The molecule has 9 heteroatoms. The Kier molecular flexibility index (Phi) is 9.36. The highest BCUT2D eigenvalue weighted by atomic mass is 35.5. The smallest absolute Gasteiger partial charge is 0.234 e. The zero-order valence-electron chi connectivity index (χ0n) is 17.7. The third kappa shape index (κ3) is 5.43. The number of carbonyl (C=O) groups excluding carboxylic acids is 1. The van der Waals surface area contributed by atoms with Crippen molar-refractivity contribution in [1.82, 2.24) is 9.88 Å². The minimum Gasteiger partial charge on any atom is -0.495 e. The van der Waals surface area contributed by atoms with Crippen LogP contribution in [0, 0.1) is 0 Å². The molecule has 30 heavy (non-hydrogen) atoms. The molecule has 3 rings (SSSR count). The Labute approximate surface area is 191 Å². The summed E-state index contributed by atoms with van der Waals surface area (Å²) in [6.07, 6.45) is 0.375. The first-order chi connectivity index (χ1) is 14.1. The van der Waals surface area contributed by atoms with Crippen LogP contribution in [0.25, 0.3) is 10.2 Å². The summed E-state index contributed by atoms with van der Waals surface area (Å²) in [5.74, 6) is 1.47. The molecule has 0 unspecified atom stereocenters. The average molecular weight is 470 g/mol. The molecule has 0 aliphatic carbocycles. The Hall–Kier alpha value is -1.87. The molecule has 164 valence electrons. The molecule has 2 heterocycles. The van der Waals surface area contributed by atoms with Crippen LogP contribution in [0.15, 0.2) is 29.6 Å². The quantitative estimate of drug-likeness (QED) is 0.430. The normalized spacial score (nSPS) is 10.8. The second kappa shape index (κ2) is 11.5. The van der Waals surface area contributed by atoms with Crippen LogP contribution in [-0.2, 0) is 11.2 Å². The van der Waals surface area contributed by atoms with Crippen molar-refractivity contribution in [3.05, 3.63) is 34.5 Å². The first-order valence-electron chi connectivity index (χ1n) is 9.67. The molecule has 2 aromatic heterocycles. The number of hydrogen-bond acceptors (Lipinski definition) is 7. The highest BCUT2D eigenvalue weighted by Gasteiger charge is 2.23. The molecule has 0 fully saturated rings. The van der Waals surface area contributed by atoms with Crippen molar-refractivity contribution in [1.29, 1.82) is 0 Å². The topological polar surface area (TPSA) is 54.9 Å². The maximum Gasteiger partial charge on any atom is 0.234 e. The molecule has 3 aromatic rings. The molecule has 0 aliphatic rings. The minimum absolute atomic E-state index is 0. The fourth-order valence-electron chi connectivity index (χ4n) is 3.16. The van der Waals surface area contributed by atoms with Crippen molar-refractivity contribution < 1.29 is 14.3 Å². The van der Waals surface area contributed by atoms with Crippen LogP contribution >= 0.6 is 35.1 Å². The molecule has 0 radical (unpaired) electrons. The average Bonchev–Trinajstić information content (AvgIpc) is 3.40. The minimum atomic E-state index is 0. The van der Waals surface area contributed by atoms with Crippen LogP contribution < -0.4 is 14.4 Å². The van der Waals surface area contributed by atoms with Gasteiger partial charge in [-0.05, 0) is 36.7 Å². The number of methoxy groups -OCH3 is 2. The van der Waals surface area contributed by atoms with E-state index >= 15 is 0 Å². The van der Waals surface area contributed by atoms with Gasteiger partial charge in [0.2, 0.25) is 5.91 Å². The second-order valence-electron chi connectivity index (χ2n) is 6.47. The summed E-state index contributed by atoms with van der Waals surface area (Å²) < 4.78 is 11.9. The van der Waals surface area contributed by atoms with Gasteiger partial charge in [-0.1, -0.05) is 31.3 Å². The molecule has 0 spiro atoms. The number of aromatic nitrogens is 1. The number of fused-ring (bicyclic) bond motifs is 1. The van der Waals surface area contributed by atoms with Gasteiger partial charge in [0.15, 0.2) is 5.13 Å². The number of hydrogen-bond donors (Lipinski definition) is 0. The van der Waals surface area contributed by atoms with Crippen LogP contribution in [0.5, 0.6) is 11.5 Å². The van der Waals surface area contributed by atoms with E-state index in [1.807, 2.05) is 34.5 Å². The lowest BCUT2D eigenvalue weighted by Crippen LogP contribution is -2.39. The summed E-state index contributed by atoms with van der Waals surface area (Å²) in [6, 6.07) is 7.69. The highest BCUT2D eigenvalue weighted by molar-refractivity contribution is 7.22. The zero-order chi connectivity index (χ0) is 20.8. The standard InChI is InChI=1S/C21H27N3O3S2.ClH/c1-5-23(6-2)11-12-24(18(25)14-15-8-7-13-28-15)21-22-19-16(26-3)9-10-17(27-4)20(19)29-21;/h7-10,13H,5-6,11-12,14H2,1-4H3;1H. The van der Waals surface area contributed by atoms with E-state index in [1.165, 1.54) is 11.3 Å². The molecule has 0 saturated heterocycles. The van der Waals surface area contributed by atoms with E-state index in [0.29, 0.717) is 23.8 Å². The molecular weight excluding hydrogens is 442 g/mol. The first-order valence-corrected chi connectivity index (χ1v) is 11.4. The van der Waals surface area contributed by atoms with Gasteiger partial charge in [0.05, 0.1) is 20.6 Å². The molecule has 0 aliphatic heterocycles. The van der Waals surface area contributed by atoms with Gasteiger partial charge in [-0.15, -0.1) is 23.7 Å². The third-order valence-corrected chi connectivity index (χ3v) is 6.84. The van der Waals surface area contributed by atoms with Crippen LogP contribution in [0.2, 0.25) is 0 Å². The first kappa shape index (κ1) is 24.4. The number of amides is 1. The lowest BCUT2D eigenvalue weighted by molar-refractivity contribution is -0.118. The fraction of sp³-hybridized carbons (Fsp3) is 0.429. The monoisotopic (exact) mass is 469 g/mol. The number of thiazole rings is 1. The van der Waals surface area contributed by atoms with E-state index in [1.54, 1.807) is 25.6 Å². The van der Waals surface area contributed by atoms with E-state index in [9.17, 15) is 4.79 Å². The number of ether oxygens (including phenoxy) is 2. The van der Waals surface area contributed by atoms with Gasteiger partial charge in [-0.3, -0.25) is 9.69 Å². The van der Waals surface area contributed by atoms with Gasteiger partial charge in [0.25, 0.3) is 0 Å². The maximum absolute atomic E-state index is 13.2. The summed E-state index contributed by atoms with van der Waals surface area (Å²) in [6.45, 7) is 7.56. The Morgan fingerprint density at radius 2 is 1.77 bits per heavy atom. The highest BCUT2D eigenvalue weighted by Crippen LogP contribution is 2.40. The van der Waals surface area contributed by atoms with E-state index in [2.05, 4.69) is 18.7 Å². The summed E-state index contributed by atoms with van der Waals surface area (Å²) in [7, 11) is 3.26. The van der Waals surface area contributed by atoms with Crippen LogP contribution in [0.1, 0.15) is 18.7 Å². The van der Waals surface area contributed by atoms with Gasteiger partial charge in [0.1, 0.15) is 21.7 Å². The maximum atomic E-state index is 13.2. The van der Waals surface area contributed by atoms with Crippen molar-refractivity contribution in [3.8, 4) is 11.5 Å². The van der Waals surface area contributed by atoms with Gasteiger partial charge < -0.3 is 14.4 Å². The number of halogens is 1. The fourth-order valence-corrected chi connectivity index (χ4v) is 4.97. The summed E-state index contributed by atoms with van der Waals surface area (Å²) in [4.78, 5) is 23.1. The van der Waals surface area contributed by atoms with Crippen molar-refractivity contribution in [2.45, 2.75) is 20.3 Å². The van der Waals surface area contributed by atoms with Crippen molar-refractivity contribution >= 4 is 56.3 Å². The second-order valence-corrected chi connectivity index (χ2v) is 8.48. The summed E-state index contributed by atoms with van der Waals surface area (Å²) in [5, 5.41) is 2.67. The zero-order valence-corrected chi connectivity index (χ0v) is 20.2. The lowest BCUT2D eigenvalue weighted by atomic mass is 10.3. The number of carbonyl (C=O) groups is 1. The third-order valence-electron chi connectivity index (χ3n) is 4.87. The van der Waals surface area contributed by atoms with Gasteiger partial charge >= 0.3 is 0 Å². The lowest BCUT2D eigenvalue weighted by Gasteiger charge is -2.24. The number of thiophene rings is 1. The largest absolute Gasteiger partial charge is 0.495 e. The number of benzene rings is 1. The Morgan fingerprint density at radius 1 is 1.07 bits per heavy atom. The molecular formula is C21H28ClN3O3S2. The number of anilines is 1. The van der Waals surface area contributed by atoms with Gasteiger partial charge in [0, 0.05) is 18.0 Å². The predicted octanol–water partition coefficient (Wildman–Crippen LogP) is 4.71. The summed E-state index contributed by atoms with van der Waals surface area (Å²) >= 11 is 3.07. The molecule has 1 aromatic carbocycles. The van der Waals surface area contributed by atoms with Crippen LogP contribution in [-0.4, -0.2) is 56.2 Å². The van der Waals surface area contributed by atoms with E-state index in [4.69, 9.17) is 14.5 Å². The van der Waals surface area contributed by atoms with Crippen molar-refractivity contribution in [3.63, 3.8) is 0 Å². The van der Waals surface area contributed by atoms with Gasteiger partial charge in [-0.2, -0.15) is 0 Å². The number of likely N-dealkylation sites (N-methyl/N-ethyl adjacent to an activating group) is 1. The van der Waals surface area contributed by atoms with E-state index in [0.717, 1.165) is 40.5 Å². The van der Waals surface area contributed by atoms with Crippen molar-refractivity contribution in [2.75, 3.05) is 45.3 Å². The molecule has 0 saturated carbocycles. The molecule has 1 amide bonds. The molecule has 0 bridgehead atoms. The van der Waals surface area contributed by atoms with E-state index < -0.39 is 0 Å². The number of nitrogens with zero attached hydrogens (tertiary/aromatic N) is 3. The number of rotatable bonds is 10. The van der Waals surface area contributed by atoms with E-state index in [-0.39, 0.29) is 18.3 Å². The van der Waals surface area contributed by atoms with Crippen LogP contribution in [0.3, 0.4) is 0 Å². The van der Waals surface area contributed by atoms with Crippen LogP contribution in [0.4, 0.5) is 5.13 Å². The predicted molar refractivity (Wildman–Crippen MR) is 128 cm³/mol. The van der Waals surface area contributed by atoms with Crippen molar-refractivity contribution in [2.24, 2.45) is 0 Å². The van der Waals surface area contributed by atoms with Gasteiger partial charge in [-0.25, -0.2) is 4.98 Å². The molecule has 0 atom stereocenters. The Balaban J connectivity index is 0.00000320. The Bertz CT molecular complexity index is 902.